The first-order chi connectivity index (χ1) is 11.4. The number of nitrogens with zero attached hydrogens (tertiary/aromatic N) is 1. The second kappa shape index (κ2) is 7.92. The zero-order valence-corrected chi connectivity index (χ0v) is 14.9. The Morgan fingerprint density at radius 1 is 1.38 bits per heavy atom. The summed E-state index contributed by atoms with van der Waals surface area (Å²) in [7, 11) is -2.07. The monoisotopic (exact) mass is 351 g/mol. The Balaban J connectivity index is 2.08. The first-order valence-electron chi connectivity index (χ1n) is 8.11. The highest BCUT2D eigenvalue weighted by molar-refractivity contribution is 7.89. The molecular formula is C17H25N3O3S. The highest BCUT2D eigenvalue weighted by Gasteiger charge is 2.29. The van der Waals surface area contributed by atoms with Crippen LogP contribution in [0.5, 0.6) is 0 Å². The molecule has 0 saturated carbocycles. The molecule has 6 nitrogen and oxygen atoms in total. The lowest BCUT2D eigenvalue weighted by atomic mass is 9.90. The fourth-order valence-electron chi connectivity index (χ4n) is 3.02. The molecule has 0 bridgehead atoms. The number of amides is 1. The molecule has 1 fully saturated rings. The number of hydrogen-bond acceptors (Lipinski definition) is 4. The number of hydrogen-bond donors (Lipinski definition) is 2. The van der Waals surface area contributed by atoms with Gasteiger partial charge in [-0.2, -0.15) is 0 Å². The Morgan fingerprint density at radius 3 is 2.62 bits per heavy atom. The van der Waals surface area contributed by atoms with Crippen molar-refractivity contribution in [1.82, 2.24) is 9.62 Å². The Kier molecular flexibility index (Phi) is 6.15. The summed E-state index contributed by atoms with van der Waals surface area (Å²) >= 11 is 0. The Hall–Kier alpha value is -1.70. The molecule has 2 unspecified atom stereocenters. The number of carbonyl (C=O) groups excluding carboxylic acids is 1. The minimum Gasteiger partial charge on any atom is -0.335 e. The molecule has 1 amide bonds. The summed E-state index contributed by atoms with van der Waals surface area (Å²) in [5, 5.41) is 0. The quantitative estimate of drug-likeness (QED) is 0.780. The highest BCUT2D eigenvalue weighted by atomic mass is 32.2. The normalized spacial score (nSPS) is 22.0. The second-order valence-corrected chi connectivity index (χ2v) is 7.95. The summed E-state index contributed by atoms with van der Waals surface area (Å²) in [6, 6.07) is 6.46. The summed E-state index contributed by atoms with van der Waals surface area (Å²) < 4.78 is 25.6. The number of piperidine rings is 1. The average molecular weight is 351 g/mol. The van der Waals surface area contributed by atoms with E-state index in [4.69, 9.17) is 5.73 Å². The zero-order chi connectivity index (χ0) is 17.7. The van der Waals surface area contributed by atoms with Crippen molar-refractivity contribution in [1.29, 1.82) is 0 Å². The third-order valence-electron chi connectivity index (χ3n) is 4.52. The maximum Gasteiger partial charge on any atom is 0.246 e. The maximum atomic E-state index is 12.4. The number of nitrogens with one attached hydrogen (secondary N) is 1. The van der Waals surface area contributed by atoms with Gasteiger partial charge < -0.3 is 10.6 Å². The molecule has 132 valence electrons. The molecule has 1 saturated heterocycles. The van der Waals surface area contributed by atoms with Crippen LogP contribution in [0.2, 0.25) is 0 Å². The van der Waals surface area contributed by atoms with Gasteiger partial charge in [-0.15, -0.1) is 0 Å². The van der Waals surface area contributed by atoms with Crippen LogP contribution in [0.15, 0.2) is 35.2 Å². The molecular weight excluding hydrogens is 326 g/mol. The fourth-order valence-corrected chi connectivity index (χ4v) is 3.75. The van der Waals surface area contributed by atoms with Gasteiger partial charge in [-0.25, -0.2) is 13.1 Å². The van der Waals surface area contributed by atoms with Gasteiger partial charge in [0.2, 0.25) is 15.9 Å². The topological polar surface area (TPSA) is 92.5 Å². The largest absolute Gasteiger partial charge is 0.335 e. The van der Waals surface area contributed by atoms with Crippen molar-refractivity contribution in [3.05, 3.63) is 35.9 Å². The predicted molar refractivity (Wildman–Crippen MR) is 94.7 cm³/mol. The fraction of sp³-hybridized carbons (Fsp3) is 0.471. The van der Waals surface area contributed by atoms with E-state index in [0.717, 1.165) is 24.9 Å². The molecule has 0 radical (unpaired) electrons. The van der Waals surface area contributed by atoms with Gasteiger partial charge in [-0.1, -0.05) is 19.1 Å². The van der Waals surface area contributed by atoms with Crippen LogP contribution in [0.25, 0.3) is 6.08 Å². The number of sulfonamides is 1. The van der Waals surface area contributed by atoms with Crippen LogP contribution >= 0.6 is 0 Å². The lowest BCUT2D eigenvalue weighted by Crippen LogP contribution is -2.50. The first kappa shape index (κ1) is 18.6. The molecule has 0 spiro atoms. The SMILES string of the molecule is CNS(=O)(=O)c1ccc(/C=C/C(=O)N2CCCC(C)C2CN)cc1. The van der Waals surface area contributed by atoms with Crippen molar-refractivity contribution in [2.45, 2.75) is 30.7 Å². The molecule has 2 atom stereocenters. The Labute approximate surface area is 143 Å². The highest BCUT2D eigenvalue weighted by Crippen LogP contribution is 2.23. The van der Waals surface area contributed by atoms with E-state index in [0.29, 0.717) is 12.5 Å². The molecule has 0 aliphatic carbocycles. The molecule has 24 heavy (non-hydrogen) atoms. The van der Waals surface area contributed by atoms with Crippen LogP contribution < -0.4 is 10.5 Å². The average Bonchev–Trinajstić information content (AvgIpc) is 2.59. The summed E-state index contributed by atoms with van der Waals surface area (Å²) in [6.07, 6.45) is 5.32. The van der Waals surface area contributed by atoms with E-state index >= 15 is 0 Å². The molecule has 0 aromatic heterocycles. The lowest BCUT2D eigenvalue weighted by Gasteiger charge is -2.38. The van der Waals surface area contributed by atoms with Crippen LogP contribution in [0.4, 0.5) is 0 Å². The lowest BCUT2D eigenvalue weighted by molar-refractivity contribution is -0.130. The van der Waals surface area contributed by atoms with Crippen molar-refractivity contribution in [3.63, 3.8) is 0 Å². The van der Waals surface area contributed by atoms with Gasteiger partial charge in [0.1, 0.15) is 0 Å². The number of carbonyl (C=O) groups is 1. The van der Waals surface area contributed by atoms with E-state index in [1.807, 2.05) is 4.90 Å². The molecule has 3 N–H and O–H groups in total. The van der Waals surface area contributed by atoms with E-state index in [2.05, 4.69) is 11.6 Å². The van der Waals surface area contributed by atoms with Crippen LogP contribution in [0.1, 0.15) is 25.3 Å². The van der Waals surface area contributed by atoms with E-state index in [1.54, 1.807) is 18.2 Å². The minimum absolute atomic E-state index is 0.0519. The maximum absolute atomic E-state index is 12.4. The van der Waals surface area contributed by atoms with Crippen molar-refractivity contribution >= 4 is 22.0 Å². The third kappa shape index (κ3) is 4.23. The Morgan fingerprint density at radius 2 is 2.04 bits per heavy atom. The van der Waals surface area contributed by atoms with Crippen LogP contribution in [-0.4, -0.2) is 45.4 Å². The number of likely N-dealkylation sites (tertiary alicyclic amines) is 1. The first-order valence-corrected chi connectivity index (χ1v) is 9.59. The predicted octanol–water partition coefficient (Wildman–Crippen LogP) is 1.19. The number of rotatable bonds is 5. The Bertz CT molecular complexity index is 698. The number of benzene rings is 1. The summed E-state index contributed by atoms with van der Waals surface area (Å²) in [5.74, 6) is 0.357. The van der Waals surface area contributed by atoms with Gasteiger partial charge in [0.25, 0.3) is 0 Å². The van der Waals surface area contributed by atoms with Crippen molar-refractivity contribution in [3.8, 4) is 0 Å². The summed E-state index contributed by atoms with van der Waals surface area (Å²) in [4.78, 5) is 14.5. The van der Waals surface area contributed by atoms with Gasteiger partial charge in [-0.3, -0.25) is 4.79 Å². The van der Waals surface area contributed by atoms with Gasteiger partial charge in [0.05, 0.1) is 4.90 Å². The van der Waals surface area contributed by atoms with E-state index in [1.165, 1.54) is 25.3 Å². The molecule has 1 aliphatic rings. The minimum atomic E-state index is -3.44. The van der Waals surface area contributed by atoms with Gasteiger partial charge >= 0.3 is 0 Å². The third-order valence-corrected chi connectivity index (χ3v) is 5.95. The number of nitrogens with two attached hydrogens (primary N) is 1. The molecule has 1 aromatic carbocycles. The molecule has 7 heteroatoms. The zero-order valence-electron chi connectivity index (χ0n) is 14.1. The summed E-state index contributed by atoms with van der Waals surface area (Å²) in [6.45, 7) is 3.33. The molecule has 1 aliphatic heterocycles. The second-order valence-electron chi connectivity index (χ2n) is 6.06. The van der Waals surface area contributed by atoms with E-state index in [-0.39, 0.29) is 16.8 Å². The van der Waals surface area contributed by atoms with Gasteiger partial charge in [-0.05, 0) is 49.6 Å². The van der Waals surface area contributed by atoms with Crippen LogP contribution in [-0.2, 0) is 14.8 Å². The van der Waals surface area contributed by atoms with Crippen molar-refractivity contribution in [2.75, 3.05) is 20.1 Å². The van der Waals surface area contributed by atoms with Crippen LogP contribution in [0.3, 0.4) is 0 Å². The van der Waals surface area contributed by atoms with Gasteiger partial charge in [0.15, 0.2) is 0 Å². The van der Waals surface area contributed by atoms with Crippen molar-refractivity contribution in [2.24, 2.45) is 11.7 Å². The molecule has 1 aromatic rings. The standard InChI is InChI=1S/C17H25N3O3S/c1-13-4-3-11-20(16(13)12-18)17(21)10-7-14-5-8-15(9-6-14)24(22,23)19-2/h5-10,13,16,19H,3-4,11-12,18H2,1-2H3/b10-7+. The van der Waals surface area contributed by atoms with E-state index in [9.17, 15) is 13.2 Å². The van der Waals surface area contributed by atoms with Gasteiger partial charge in [0, 0.05) is 25.2 Å². The molecule has 1 heterocycles. The van der Waals surface area contributed by atoms with Crippen LogP contribution in [0, 0.1) is 5.92 Å². The van der Waals surface area contributed by atoms with E-state index < -0.39 is 10.0 Å². The smallest absolute Gasteiger partial charge is 0.246 e. The van der Waals surface area contributed by atoms with Crippen molar-refractivity contribution < 1.29 is 13.2 Å². The summed E-state index contributed by atoms with van der Waals surface area (Å²) in [5.41, 5.74) is 6.59. The molecule has 2 rings (SSSR count).